The van der Waals surface area contributed by atoms with Crippen LogP contribution < -0.4 is 5.73 Å². The fourth-order valence-electron chi connectivity index (χ4n) is 3.65. The van der Waals surface area contributed by atoms with E-state index in [0.717, 1.165) is 45.8 Å². The summed E-state index contributed by atoms with van der Waals surface area (Å²) in [5.41, 5.74) is 13.3. The summed E-state index contributed by atoms with van der Waals surface area (Å²) in [4.78, 5) is 9.03. The molecule has 0 radical (unpaired) electrons. The van der Waals surface area contributed by atoms with Gasteiger partial charge in [0, 0.05) is 17.0 Å². The molecule has 4 aromatic rings. The third-order valence-electron chi connectivity index (χ3n) is 5.08. The molecule has 2 aromatic heterocycles. The van der Waals surface area contributed by atoms with Crippen molar-refractivity contribution in [2.75, 3.05) is 5.73 Å². The number of benzene rings is 2. The number of anilines is 1. The van der Waals surface area contributed by atoms with Gasteiger partial charge >= 0.3 is 0 Å². The minimum atomic E-state index is 0.472. The van der Waals surface area contributed by atoms with Gasteiger partial charge in [-0.3, -0.25) is 4.98 Å². The fourth-order valence-corrected chi connectivity index (χ4v) is 3.65. The van der Waals surface area contributed by atoms with Gasteiger partial charge in [0.1, 0.15) is 5.52 Å². The molecule has 0 saturated carbocycles. The van der Waals surface area contributed by atoms with Gasteiger partial charge in [-0.05, 0) is 73.2 Å². The molecular weight excluding hydrogens is 332 g/mol. The van der Waals surface area contributed by atoms with Gasteiger partial charge in [0.15, 0.2) is 5.82 Å². The number of nitrogens with zero attached hydrogens (tertiary/aromatic N) is 3. The average molecular weight is 352 g/mol. The topological polar surface area (TPSA) is 75.6 Å². The standard InChI is InChI=1S/C23H20N4/c1-14-3-8-19-20(11-14)27-23(25)22-21(19)18(9-10-26-22)7-6-17-5-4-16(13-24)12-15(17)2/h3-5,8-12H,6-7H2,1-2H3,(H2,25,27). The third kappa shape index (κ3) is 3.09. The van der Waals surface area contributed by atoms with Gasteiger partial charge in [-0.15, -0.1) is 0 Å². The highest BCUT2D eigenvalue weighted by molar-refractivity contribution is 6.09. The quantitative estimate of drug-likeness (QED) is 0.545. The molecule has 0 saturated heterocycles. The average Bonchev–Trinajstić information content (AvgIpc) is 2.66. The SMILES string of the molecule is Cc1ccc2c(c1)nc(N)c1nccc(CCc3ccc(C#N)cc3C)c12. The van der Waals surface area contributed by atoms with Crippen LogP contribution in [-0.4, -0.2) is 9.97 Å². The predicted molar refractivity (Wildman–Crippen MR) is 109 cm³/mol. The summed E-state index contributed by atoms with van der Waals surface area (Å²) in [6.07, 6.45) is 3.58. The Morgan fingerprint density at radius 1 is 1.00 bits per heavy atom. The van der Waals surface area contributed by atoms with Gasteiger partial charge in [-0.1, -0.05) is 18.2 Å². The van der Waals surface area contributed by atoms with Crippen molar-refractivity contribution in [3.63, 3.8) is 0 Å². The second kappa shape index (κ2) is 6.69. The Balaban J connectivity index is 1.80. The zero-order chi connectivity index (χ0) is 19.0. The summed E-state index contributed by atoms with van der Waals surface area (Å²) in [6, 6.07) is 16.4. The summed E-state index contributed by atoms with van der Waals surface area (Å²) >= 11 is 0. The second-order valence-electron chi connectivity index (χ2n) is 6.96. The highest BCUT2D eigenvalue weighted by Crippen LogP contribution is 2.30. The Labute approximate surface area is 158 Å². The lowest BCUT2D eigenvalue weighted by Crippen LogP contribution is -2.00. The highest BCUT2D eigenvalue weighted by Gasteiger charge is 2.12. The number of rotatable bonds is 3. The molecule has 0 unspecified atom stereocenters. The number of hydrogen-bond donors (Lipinski definition) is 1. The van der Waals surface area contributed by atoms with Crippen LogP contribution in [-0.2, 0) is 12.8 Å². The van der Waals surface area contributed by atoms with E-state index in [1.54, 1.807) is 6.20 Å². The summed E-state index contributed by atoms with van der Waals surface area (Å²) in [5.74, 6) is 0.472. The molecule has 0 bridgehead atoms. The number of pyridine rings is 2. The van der Waals surface area contributed by atoms with E-state index in [2.05, 4.69) is 60.2 Å². The lowest BCUT2D eigenvalue weighted by molar-refractivity contribution is 0.955. The van der Waals surface area contributed by atoms with E-state index in [9.17, 15) is 0 Å². The first kappa shape index (κ1) is 17.0. The molecule has 2 N–H and O–H groups in total. The van der Waals surface area contributed by atoms with Gasteiger partial charge in [0.05, 0.1) is 17.1 Å². The Kier molecular flexibility index (Phi) is 4.21. The van der Waals surface area contributed by atoms with Crippen LogP contribution in [0.1, 0.15) is 27.8 Å². The number of aryl methyl sites for hydroxylation is 4. The van der Waals surface area contributed by atoms with Crippen molar-refractivity contribution in [2.24, 2.45) is 0 Å². The van der Waals surface area contributed by atoms with Crippen LogP contribution in [0.2, 0.25) is 0 Å². The molecule has 0 atom stereocenters. The minimum Gasteiger partial charge on any atom is -0.382 e. The zero-order valence-electron chi connectivity index (χ0n) is 15.5. The molecule has 0 aliphatic rings. The van der Waals surface area contributed by atoms with Crippen molar-refractivity contribution >= 4 is 27.6 Å². The second-order valence-corrected chi connectivity index (χ2v) is 6.96. The van der Waals surface area contributed by atoms with Crippen molar-refractivity contribution in [3.8, 4) is 6.07 Å². The highest BCUT2D eigenvalue weighted by atomic mass is 14.9. The van der Waals surface area contributed by atoms with Crippen LogP contribution in [0.3, 0.4) is 0 Å². The van der Waals surface area contributed by atoms with Crippen molar-refractivity contribution in [2.45, 2.75) is 26.7 Å². The summed E-state index contributed by atoms with van der Waals surface area (Å²) in [7, 11) is 0. The van der Waals surface area contributed by atoms with Crippen molar-refractivity contribution < 1.29 is 0 Å². The van der Waals surface area contributed by atoms with E-state index in [-0.39, 0.29) is 0 Å². The third-order valence-corrected chi connectivity index (χ3v) is 5.08. The Morgan fingerprint density at radius 2 is 1.81 bits per heavy atom. The van der Waals surface area contributed by atoms with Crippen molar-refractivity contribution in [1.29, 1.82) is 5.26 Å². The smallest absolute Gasteiger partial charge is 0.150 e. The van der Waals surface area contributed by atoms with E-state index < -0.39 is 0 Å². The molecule has 4 nitrogen and oxygen atoms in total. The molecule has 2 aromatic carbocycles. The van der Waals surface area contributed by atoms with Crippen LogP contribution in [0.4, 0.5) is 5.82 Å². The first-order chi connectivity index (χ1) is 13.1. The van der Waals surface area contributed by atoms with E-state index in [1.807, 2.05) is 12.1 Å². The summed E-state index contributed by atoms with van der Waals surface area (Å²) < 4.78 is 0. The molecule has 2 heterocycles. The zero-order valence-corrected chi connectivity index (χ0v) is 15.5. The van der Waals surface area contributed by atoms with E-state index >= 15 is 0 Å². The van der Waals surface area contributed by atoms with Crippen LogP contribution in [0, 0.1) is 25.2 Å². The van der Waals surface area contributed by atoms with Crippen molar-refractivity contribution in [1.82, 2.24) is 9.97 Å². The van der Waals surface area contributed by atoms with Gasteiger partial charge in [0.25, 0.3) is 0 Å². The Morgan fingerprint density at radius 3 is 2.59 bits per heavy atom. The predicted octanol–water partition coefficient (Wildman–Crippen LogP) is 4.64. The van der Waals surface area contributed by atoms with Crippen LogP contribution >= 0.6 is 0 Å². The first-order valence-electron chi connectivity index (χ1n) is 9.00. The lowest BCUT2D eigenvalue weighted by atomic mass is 9.96. The van der Waals surface area contributed by atoms with Gasteiger partial charge in [-0.25, -0.2) is 4.98 Å². The molecule has 27 heavy (non-hydrogen) atoms. The lowest BCUT2D eigenvalue weighted by Gasteiger charge is -2.12. The van der Waals surface area contributed by atoms with E-state index in [4.69, 9.17) is 11.0 Å². The molecule has 4 heteroatoms. The molecule has 4 rings (SSSR count). The maximum Gasteiger partial charge on any atom is 0.150 e. The van der Waals surface area contributed by atoms with Crippen LogP contribution in [0.25, 0.3) is 21.8 Å². The largest absolute Gasteiger partial charge is 0.382 e. The van der Waals surface area contributed by atoms with E-state index in [1.165, 1.54) is 11.1 Å². The summed E-state index contributed by atoms with van der Waals surface area (Å²) in [6.45, 7) is 4.11. The van der Waals surface area contributed by atoms with Gasteiger partial charge < -0.3 is 5.73 Å². The molecule has 0 fully saturated rings. The molecule has 0 aliphatic carbocycles. The Hall–Kier alpha value is -3.45. The van der Waals surface area contributed by atoms with Crippen LogP contribution in [0.5, 0.6) is 0 Å². The number of nitrogens with two attached hydrogens (primary N) is 1. The Bertz CT molecular complexity index is 1220. The molecule has 0 aliphatic heterocycles. The normalized spacial score (nSPS) is 11.0. The summed E-state index contributed by atoms with van der Waals surface area (Å²) in [5, 5.41) is 11.2. The van der Waals surface area contributed by atoms with Gasteiger partial charge in [-0.2, -0.15) is 5.26 Å². The molecule has 132 valence electrons. The number of nitrogen functional groups attached to an aromatic ring is 1. The number of hydrogen-bond acceptors (Lipinski definition) is 4. The first-order valence-corrected chi connectivity index (χ1v) is 9.00. The fraction of sp³-hybridized carbons (Fsp3) is 0.174. The number of nitriles is 1. The molecule has 0 amide bonds. The van der Waals surface area contributed by atoms with E-state index in [0.29, 0.717) is 11.4 Å². The molecule has 0 spiro atoms. The number of aromatic nitrogens is 2. The van der Waals surface area contributed by atoms with Crippen molar-refractivity contribution in [3.05, 3.63) is 76.5 Å². The maximum absolute atomic E-state index is 9.05. The number of fused-ring (bicyclic) bond motifs is 3. The van der Waals surface area contributed by atoms with Gasteiger partial charge in [0.2, 0.25) is 0 Å². The maximum atomic E-state index is 9.05. The minimum absolute atomic E-state index is 0.472. The molecular formula is C23H20N4. The van der Waals surface area contributed by atoms with Crippen LogP contribution in [0.15, 0.2) is 48.7 Å². The monoisotopic (exact) mass is 352 g/mol.